The minimum absolute atomic E-state index is 0.159. The van der Waals surface area contributed by atoms with Crippen molar-refractivity contribution in [3.63, 3.8) is 0 Å². The van der Waals surface area contributed by atoms with E-state index in [0.29, 0.717) is 13.1 Å². The second-order valence-electron chi connectivity index (χ2n) is 5.81. The van der Waals surface area contributed by atoms with Crippen molar-refractivity contribution in [2.45, 2.75) is 31.8 Å². The van der Waals surface area contributed by atoms with Gasteiger partial charge in [0.1, 0.15) is 0 Å². The van der Waals surface area contributed by atoms with Gasteiger partial charge < -0.3 is 10.0 Å². The molecule has 4 nitrogen and oxygen atoms in total. The molecule has 2 aliphatic heterocycles. The minimum atomic E-state index is -0.273. The molecule has 2 heterocycles. The van der Waals surface area contributed by atoms with Gasteiger partial charge in [-0.3, -0.25) is 9.69 Å². The Bertz CT molecular complexity index is 489. The SMILES string of the molecule is O=C(CN1CCC[C@H](O)C1)N1CCCc2ccccc21. The zero-order chi connectivity index (χ0) is 13.9. The lowest BCUT2D eigenvalue weighted by molar-refractivity contribution is -0.120. The summed E-state index contributed by atoms with van der Waals surface area (Å²) in [4.78, 5) is 16.5. The number of carbonyl (C=O) groups excluding carboxylic acids is 1. The number of piperidine rings is 1. The van der Waals surface area contributed by atoms with Gasteiger partial charge in [0.2, 0.25) is 5.91 Å². The maximum atomic E-state index is 12.5. The smallest absolute Gasteiger partial charge is 0.241 e. The molecular formula is C16H22N2O2. The normalized spacial score (nSPS) is 23.4. The average molecular weight is 274 g/mol. The third kappa shape index (κ3) is 2.86. The Hall–Kier alpha value is -1.39. The molecule has 0 saturated carbocycles. The summed E-state index contributed by atoms with van der Waals surface area (Å²) in [6.45, 7) is 2.77. The molecule has 0 unspecified atom stereocenters. The van der Waals surface area contributed by atoms with Crippen molar-refractivity contribution in [3.8, 4) is 0 Å². The fourth-order valence-electron chi connectivity index (χ4n) is 3.24. The Labute approximate surface area is 120 Å². The monoisotopic (exact) mass is 274 g/mol. The van der Waals surface area contributed by atoms with E-state index in [4.69, 9.17) is 0 Å². The number of rotatable bonds is 2. The zero-order valence-corrected chi connectivity index (χ0v) is 11.8. The van der Waals surface area contributed by atoms with E-state index in [1.54, 1.807) is 0 Å². The van der Waals surface area contributed by atoms with Crippen LogP contribution in [0.4, 0.5) is 5.69 Å². The van der Waals surface area contributed by atoms with Crippen LogP contribution in [0.5, 0.6) is 0 Å². The molecule has 20 heavy (non-hydrogen) atoms. The number of amides is 1. The van der Waals surface area contributed by atoms with Gasteiger partial charge in [0, 0.05) is 18.8 Å². The van der Waals surface area contributed by atoms with Crippen molar-refractivity contribution in [2.24, 2.45) is 0 Å². The van der Waals surface area contributed by atoms with E-state index in [0.717, 1.165) is 44.5 Å². The number of β-amino-alcohol motifs (C(OH)–C–C–N with tert-alkyl or cyclic N) is 1. The molecule has 0 aromatic heterocycles. The van der Waals surface area contributed by atoms with Gasteiger partial charge in [-0.25, -0.2) is 0 Å². The number of hydrogen-bond donors (Lipinski definition) is 1. The predicted molar refractivity (Wildman–Crippen MR) is 78.8 cm³/mol. The standard InChI is InChI=1S/C16H22N2O2/c19-14-7-4-9-17(11-14)12-16(20)18-10-3-6-13-5-1-2-8-15(13)18/h1-2,5,8,14,19H,3-4,6-7,9-12H2/t14-/m0/s1. The maximum Gasteiger partial charge on any atom is 0.241 e. The van der Waals surface area contributed by atoms with E-state index in [2.05, 4.69) is 11.0 Å². The van der Waals surface area contributed by atoms with E-state index < -0.39 is 0 Å². The lowest BCUT2D eigenvalue weighted by Gasteiger charge is -2.34. The van der Waals surface area contributed by atoms with Gasteiger partial charge in [0.15, 0.2) is 0 Å². The summed E-state index contributed by atoms with van der Waals surface area (Å²) in [5.41, 5.74) is 2.34. The fourth-order valence-corrected chi connectivity index (χ4v) is 3.24. The molecule has 2 aliphatic rings. The largest absolute Gasteiger partial charge is 0.392 e. The van der Waals surface area contributed by atoms with Crippen LogP contribution in [0.2, 0.25) is 0 Å². The topological polar surface area (TPSA) is 43.8 Å². The Morgan fingerprint density at radius 1 is 1.25 bits per heavy atom. The number of nitrogens with zero attached hydrogens (tertiary/aromatic N) is 2. The molecule has 1 aromatic carbocycles. The van der Waals surface area contributed by atoms with Crippen LogP contribution in [0.1, 0.15) is 24.8 Å². The lowest BCUT2D eigenvalue weighted by atomic mass is 10.0. The number of hydrogen-bond acceptors (Lipinski definition) is 3. The Morgan fingerprint density at radius 3 is 2.95 bits per heavy atom. The van der Waals surface area contributed by atoms with Crippen LogP contribution in [0.3, 0.4) is 0 Å². The van der Waals surface area contributed by atoms with Crippen LogP contribution in [-0.4, -0.2) is 48.2 Å². The molecule has 1 N–H and O–H groups in total. The average Bonchev–Trinajstić information content (AvgIpc) is 2.46. The minimum Gasteiger partial charge on any atom is -0.392 e. The summed E-state index contributed by atoms with van der Waals surface area (Å²) >= 11 is 0. The van der Waals surface area contributed by atoms with Gasteiger partial charge in [-0.1, -0.05) is 18.2 Å². The molecule has 3 rings (SSSR count). The number of anilines is 1. The summed E-state index contributed by atoms with van der Waals surface area (Å²) in [6, 6.07) is 8.18. The van der Waals surface area contributed by atoms with E-state index in [9.17, 15) is 9.90 Å². The summed E-state index contributed by atoms with van der Waals surface area (Å²) in [5.74, 6) is 0.159. The van der Waals surface area contributed by atoms with Crippen molar-refractivity contribution in [3.05, 3.63) is 29.8 Å². The lowest BCUT2D eigenvalue weighted by Crippen LogP contribution is -2.46. The first kappa shape index (κ1) is 13.6. The highest BCUT2D eigenvalue weighted by molar-refractivity contribution is 5.95. The highest BCUT2D eigenvalue weighted by Crippen LogP contribution is 2.26. The van der Waals surface area contributed by atoms with Gasteiger partial charge in [0.05, 0.1) is 12.6 Å². The summed E-state index contributed by atoms with van der Waals surface area (Å²) in [5, 5.41) is 9.69. The molecular weight excluding hydrogens is 252 g/mol. The molecule has 4 heteroatoms. The first-order valence-electron chi connectivity index (χ1n) is 7.53. The number of carbonyl (C=O) groups is 1. The van der Waals surface area contributed by atoms with E-state index in [-0.39, 0.29) is 12.0 Å². The fraction of sp³-hybridized carbons (Fsp3) is 0.562. The van der Waals surface area contributed by atoms with Crippen molar-refractivity contribution >= 4 is 11.6 Å². The number of para-hydroxylation sites is 1. The molecule has 1 amide bonds. The van der Waals surface area contributed by atoms with Crippen LogP contribution in [0.15, 0.2) is 24.3 Å². The molecule has 0 bridgehead atoms. The molecule has 1 aromatic rings. The molecule has 0 radical (unpaired) electrons. The first-order chi connectivity index (χ1) is 9.74. The van der Waals surface area contributed by atoms with Crippen molar-refractivity contribution in [1.82, 2.24) is 4.90 Å². The Balaban J connectivity index is 1.69. The quantitative estimate of drug-likeness (QED) is 0.887. The highest BCUT2D eigenvalue weighted by atomic mass is 16.3. The van der Waals surface area contributed by atoms with Gasteiger partial charge in [-0.2, -0.15) is 0 Å². The number of likely N-dealkylation sites (tertiary alicyclic amines) is 1. The molecule has 1 saturated heterocycles. The molecule has 1 fully saturated rings. The Kier molecular flexibility index (Phi) is 4.03. The van der Waals surface area contributed by atoms with Crippen LogP contribution in [0.25, 0.3) is 0 Å². The van der Waals surface area contributed by atoms with Crippen molar-refractivity contribution < 1.29 is 9.90 Å². The van der Waals surface area contributed by atoms with E-state index >= 15 is 0 Å². The van der Waals surface area contributed by atoms with Gasteiger partial charge in [-0.15, -0.1) is 0 Å². The number of benzene rings is 1. The molecule has 108 valence electrons. The predicted octanol–water partition coefficient (Wildman–Crippen LogP) is 1.42. The zero-order valence-electron chi connectivity index (χ0n) is 11.8. The van der Waals surface area contributed by atoms with Crippen LogP contribution < -0.4 is 4.90 Å². The second kappa shape index (κ2) is 5.94. The van der Waals surface area contributed by atoms with Gasteiger partial charge >= 0.3 is 0 Å². The van der Waals surface area contributed by atoms with Crippen molar-refractivity contribution in [2.75, 3.05) is 31.1 Å². The number of aliphatic hydroxyl groups excluding tert-OH is 1. The number of fused-ring (bicyclic) bond motifs is 1. The first-order valence-corrected chi connectivity index (χ1v) is 7.53. The Morgan fingerprint density at radius 2 is 2.10 bits per heavy atom. The second-order valence-corrected chi connectivity index (χ2v) is 5.81. The summed E-state index contributed by atoms with van der Waals surface area (Å²) in [6.07, 6.45) is 3.65. The van der Waals surface area contributed by atoms with Gasteiger partial charge in [0.25, 0.3) is 0 Å². The van der Waals surface area contributed by atoms with E-state index in [1.807, 2.05) is 23.1 Å². The molecule has 0 aliphatic carbocycles. The van der Waals surface area contributed by atoms with Crippen LogP contribution in [0, 0.1) is 0 Å². The summed E-state index contributed by atoms with van der Waals surface area (Å²) in [7, 11) is 0. The molecule has 0 spiro atoms. The number of aliphatic hydroxyl groups is 1. The molecule has 1 atom stereocenters. The highest BCUT2D eigenvalue weighted by Gasteiger charge is 2.25. The van der Waals surface area contributed by atoms with Crippen LogP contribution >= 0.6 is 0 Å². The maximum absolute atomic E-state index is 12.5. The third-order valence-electron chi connectivity index (χ3n) is 4.25. The van der Waals surface area contributed by atoms with Crippen molar-refractivity contribution in [1.29, 1.82) is 0 Å². The van der Waals surface area contributed by atoms with Gasteiger partial charge in [-0.05, 0) is 43.9 Å². The summed E-state index contributed by atoms with van der Waals surface area (Å²) < 4.78 is 0. The number of aryl methyl sites for hydroxylation is 1. The van der Waals surface area contributed by atoms with E-state index in [1.165, 1.54) is 5.56 Å². The third-order valence-corrected chi connectivity index (χ3v) is 4.25. The van der Waals surface area contributed by atoms with Crippen LogP contribution in [-0.2, 0) is 11.2 Å².